The molecule has 61 heavy (non-hydrogen) atoms. The van der Waals surface area contributed by atoms with Gasteiger partial charge in [0.15, 0.2) is 4.05 Å². The van der Waals surface area contributed by atoms with E-state index < -0.39 is 51.8 Å². The quantitative estimate of drug-likeness (QED) is 0.0359. The van der Waals surface area contributed by atoms with E-state index in [1.54, 1.807) is 101 Å². The number of nitrogens with one attached hydrogen (secondary N) is 3. The van der Waals surface area contributed by atoms with Crippen LogP contribution in [0.15, 0.2) is 78.9 Å². The number of nitrogens with zero attached hydrogens (tertiary/aromatic N) is 1. The van der Waals surface area contributed by atoms with Gasteiger partial charge in [0.1, 0.15) is 42.8 Å². The maximum Gasteiger partial charge on any atom is 0.326 e. The van der Waals surface area contributed by atoms with E-state index in [0.717, 1.165) is 11.1 Å². The van der Waals surface area contributed by atoms with Crippen molar-refractivity contribution >= 4 is 75.4 Å². The zero-order valence-electron chi connectivity index (χ0n) is 33.3. The lowest BCUT2D eigenvalue weighted by molar-refractivity contribution is -0.142. The molecule has 0 saturated carbocycles. The zero-order valence-corrected chi connectivity index (χ0v) is 37.0. The molecule has 4 atom stereocenters. The smallest absolute Gasteiger partial charge is 0.326 e. The van der Waals surface area contributed by atoms with E-state index in [2.05, 4.69) is 16.0 Å². The van der Waals surface area contributed by atoms with Crippen LogP contribution in [0.2, 0.25) is 10.0 Å². The molecular formula is C43H48Cl2IN7O8. The highest BCUT2D eigenvalue weighted by molar-refractivity contribution is 14.1. The van der Waals surface area contributed by atoms with Crippen molar-refractivity contribution < 1.29 is 38.6 Å². The van der Waals surface area contributed by atoms with Gasteiger partial charge in [0.05, 0.1) is 0 Å². The topological polar surface area (TPSA) is 241 Å². The molecule has 0 saturated heterocycles. The molecule has 0 aliphatic carbocycles. The van der Waals surface area contributed by atoms with E-state index in [9.17, 15) is 29.1 Å². The van der Waals surface area contributed by atoms with Crippen LogP contribution in [0.4, 0.5) is 0 Å². The summed E-state index contributed by atoms with van der Waals surface area (Å²) in [7, 11) is 1.43. The van der Waals surface area contributed by atoms with Crippen LogP contribution in [-0.2, 0) is 25.6 Å². The Hall–Kier alpha value is -4.98. The molecule has 5 rings (SSSR count). The number of carbonyl (C=O) groups is 5. The fraction of sp³-hybridized carbons (Fsp3) is 0.326. The molecule has 1 aliphatic heterocycles. The van der Waals surface area contributed by atoms with E-state index in [0.29, 0.717) is 63.2 Å². The number of alkyl halides is 1. The number of ether oxygens (including phenoxy) is 2. The number of amides is 4. The van der Waals surface area contributed by atoms with Crippen molar-refractivity contribution in [3.63, 3.8) is 0 Å². The Bertz CT molecular complexity index is 2210. The molecule has 1 aliphatic rings. The van der Waals surface area contributed by atoms with Gasteiger partial charge in [-0.2, -0.15) is 0 Å². The molecule has 1 heterocycles. The van der Waals surface area contributed by atoms with Crippen LogP contribution in [0.25, 0.3) is 22.3 Å². The molecule has 1 unspecified atom stereocenters. The fourth-order valence-electron chi connectivity index (χ4n) is 6.83. The number of carbonyl (C=O) groups excluding carboxylic acids is 4. The van der Waals surface area contributed by atoms with Crippen LogP contribution < -0.4 is 42.6 Å². The number of carboxylic acid groups (broad SMARTS) is 1. The molecule has 324 valence electrons. The van der Waals surface area contributed by atoms with E-state index >= 15 is 0 Å². The highest BCUT2D eigenvalue weighted by Crippen LogP contribution is 2.40. The summed E-state index contributed by atoms with van der Waals surface area (Å²) in [5, 5.41) is 19.1. The molecule has 0 fully saturated rings. The van der Waals surface area contributed by atoms with Crippen molar-refractivity contribution in [2.75, 3.05) is 39.9 Å². The second-order valence-electron chi connectivity index (χ2n) is 14.2. The molecular weight excluding hydrogens is 940 g/mol. The lowest BCUT2D eigenvalue weighted by Gasteiger charge is -2.32. The van der Waals surface area contributed by atoms with Crippen molar-refractivity contribution in [3.8, 4) is 33.8 Å². The Kier molecular flexibility index (Phi) is 17.1. The summed E-state index contributed by atoms with van der Waals surface area (Å²) >= 11 is 14.1. The second-order valence-corrected chi connectivity index (χ2v) is 16.4. The molecule has 10 N–H and O–H groups in total. The van der Waals surface area contributed by atoms with E-state index in [1.807, 2.05) is 0 Å². The first-order valence-corrected chi connectivity index (χ1v) is 21.5. The van der Waals surface area contributed by atoms with Crippen LogP contribution >= 0.6 is 45.8 Å². The Balaban J connectivity index is 1.57. The van der Waals surface area contributed by atoms with Crippen molar-refractivity contribution in [1.82, 2.24) is 20.9 Å². The number of unbranched alkanes of at least 4 members (excludes halogenated alkanes) is 1. The Labute approximate surface area is 377 Å². The highest BCUT2D eigenvalue weighted by Gasteiger charge is 2.36. The largest absolute Gasteiger partial charge is 0.492 e. The van der Waals surface area contributed by atoms with Crippen LogP contribution in [0.1, 0.15) is 46.8 Å². The third kappa shape index (κ3) is 12.3. The van der Waals surface area contributed by atoms with Gasteiger partial charge >= 0.3 is 5.97 Å². The van der Waals surface area contributed by atoms with Crippen molar-refractivity contribution in [2.24, 2.45) is 17.2 Å². The first-order chi connectivity index (χ1) is 29.2. The fourth-order valence-corrected chi connectivity index (χ4v) is 7.85. The number of benzene rings is 4. The number of rotatable bonds is 16. The van der Waals surface area contributed by atoms with Crippen LogP contribution in [0.3, 0.4) is 0 Å². The number of carboxylic acids is 1. The number of fused-ring (bicyclic) bond motifs is 5. The van der Waals surface area contributed by atoms with Gasteiger partial charge in [-0.25, -0.2) is 4.79 Å². The van der Waals surface area contributed by atoms with E-state index in [1.165, 1.54) is 11.9 Å². The first kappa shape index (κ1) is 47.1. The van der Waals surface area contributed by atoms with Crippen molar-refractivity contribution in [2.45, 2.75) is 47.9 Å². The molecule has 0 spiro atoms. The van der Waals surface area contributed by atoms with Crippen LogP contribution in [0, 0.1) is 0 Å². The van der Waals surface area contributed by atoms with Gasteiger partial charge < -0.3 is 52.6 Å². The molecule has 0 aromatic heterocycles. The van der Waals surface area contributed by atoms with E-state index in [4.69, 9.17) is 49.9 Å². The third-order valence-electron chi connectivity index (χ3n) is 9.83. The number of aliphatic carboxylic acids is 1. The van der Waals surface area contributed by atoms with Crippen molar-refractivity contribution in [3.05, 3.63) is 106 Å². The molecule has 18 heteroatoms. The maximum atomic E-state index is 14.7. The van der Waals surface area contributed by atoms with Gasteiger partial charge in [0, 0.05) is 53.3 Å². The number of hydrogen-bond donors (Lipinski definition) is 7. The molecule has 4 aromatic rings. The van der Waals surface area contributed by atoms with Gasteiger partial charge in [-0.1, -0.05) is 47.5 Å². The Morgan fingerprint density at radius 2 is 1.44 bits per heavy atom. The summed E-state index contributed by atoms with van der Waals surface area (Å²) in [4.78, 5) is 69.9. The summed E-state index contributed by atoms with van der Waals surface area (Å²) in [6.07, 6.45) is 1.14. The minimum atomic E-state index is -1.38. The van der Waals surface area contributed by atoms with Crippen molar-refractivity contribution in [1.29, 1.82) is 0 Å². The van der Waals surface area contributed by atoms with Gasteiger partial charge in [0.25, 0.3) is 11.8 Å². The van der Waals surface area contributed by atoms with Crippen LogP contribution in [0.5, 0.6) is 11.5 Å². The maximum absolute atomic E-state index is 14.7. The number of likely N-dealkylation sites (N-methyl/N-ethyl adjacent to an activating group) is 1. The van der Waals surface area contributed by atoms with E-state index in [-0.39, 0.29) is 44.7 Å². The summed E-state index contributed by atoms with van der Waals surface area (Å²) in [5.74, 6) is -3.19. The Morgan fingerprint density at radius 1 is 0.820 bits per heavy atom. The summed E-state index contributed by atoms with van der Waals surface area (Å²) in [6.45, 7) is 1.03. The lowest BCUT2D eigenvalue weighted by Crippen LogP contribution is -2.54. The molecule has 4 bridgehead atoms. The van der Waals surface area contributed by atoms with Gasteiger partial charge in [-0.3, -0.25) is 19.2 Å². The standard InChI is InChI=1S/C43H48Cl2IN7O8/c1-53(42(57)33(4-2-3-13-47)50-39(54)26-8-6-25(7-9-26)28-20-29(44)23-30(45)21-28)37-27-10-12-36(61-17-15-49)32(22-27)31-18-24(5-11-35(31)60-16-14-48)19-34(43(58)59)51-41(56)38(46)52-40(37)55/h5-12,18,20-23,33-34,37-38H,2-4,13-17,19,47-49H2,1H3,(H,50,54)(H,51,56)(H,52,55)(H,58,59)/t33-,34-,37-,38?/m0/s1. The minimum absolute atomic E-state index is 0.0979. The molecule has 4 aromatic carbocycles. The number of halogens is 3. The average molecular weight is 989 g/mol. The molecule has 15 nitrogen and oxygen atoms in total. The van der Waals surface area contributed by atoms with Gasteiger partial charge in [0.2, 0.25) is 11.8 Å². The summed E-state index contributed by atoms with van der Waals surface area (Å²) in [5.41, 5.74) is 21.0. The summed E-state index contributed by atoms with van der Waals surface area (Å²) < 4.78 is 10.8. The average Bonchev–Trinajstić information content (AvgIpc) is 3.23. The molecule has 0 radical (unpaired) electrons. The molecule has 4 amide bonds. The third-order valence-corrected chi connectivity index (χ3v) is 11.1. The predicted molar refractivity (Wildman–Crippen MR) is 242 cm³/mol. The number of hydrogen-bond acceptors (Lipinski definition) is 10. The normalized spacial score (nSPS) is 16.9. The Morgan fingerprint density at radius 3 is 2.05 bits per heavy atom. The zero-order chi connectivity index (χ0) is 44.2. The summed E-state index contributed by atoms with van der Waals surface area (Å²) in [6, 6.07) is 18.0. The first-order valence-electron chi connectivity index (χ1n) is 19.5. The van der Waals surface area contributed by atoms with Gasteiger partial charge in [-0.05, 0) is 125 Å². The predicted octanol–water partition coefficient (Wildman–Crippen LogP) is 4.43. The van der Waals surface area contributed by atoms with Gasteiger partial charge in [-0.15, -0.1) is 0 Å². The monoisotopic (exact) mass is 987 g/mol. The minimum Gasteiger partial charge on any atom is -0.492 e. The number of nitrogens with two attached hydrogens (primary N) is 3. The van der Waals surface area contributed by atoms with Crippen LogP contribution in [-0.4, -0.2) is 95.6 Å². The lowest BCUT2D eigenvalue weighted by atomic mass is 9.93. The SMILES string of the molecule is CN(C(=O)[C@H](CCCCN)NC(=O)c1ccc(-c2cc(Cl)cc(Cl)c2)cc1)[C@@H]1C(=O)NC(I)C(=O)N[C@H](C(=O)O)Cc2ccc(OCCN)c(c2)-c2cc1ccc2OCCN. The highest BCUT2D eigenvalue weighted by atomic mass is 127. The second kappa shape index (κ2) is 22.2.